The monoisotopic (exact) mass is 337 g/mol. The van der Waals surface area contributed by atoms with Crippen LogP contribution in [0.3, 0.4) is 0 Å². The van der Waals surface area contributed by atoms with Crippen LogP contribution < -0.4 is 0 Å². The van der Waals surface area contributed by atoms with Gasteiger partial charge in [0.1, 0.15) is 5.82 Å². The van der Waals surface area contributed by atoms with Gasteiger partial charge >= 0.3 is 0 Å². The van der Waals surface area contributed by atoms with Gasteiger partial charge < -0.3 is 4.57 Å². The summed E-state index contributed by atoms with van der Waals surface area (Å²) in [6.07, 6.45) is 1.93. The van der Waals surface area contributed by atoms with E-state index < -0.39 is 0 Å². The van der Waals surface area contributed by atoms with Crippen LogP contribution in [0.2, 0.25) is 0 Å². The summed E-state index contributed by atoms with van der Waals surface area (Å²) in [5, 5.41) is 9.85. The van der Waals surface area contributed by atoms with Gasteiger partial charge in [-0.3, -0.25) is 0 Å². The Labute approximate surface area is 148 Å². The SMILES string of the molecule is CCn1c(CCc2ccccc2)nnc1SCc1cccc(C)c1. The van der Waals surface area contributed by atoms with Crippen LogP contribution in [0.1, 0.15) is 29.4 Å². The molecule has 0 radical (unpaired) electrons. The van der Waals surface area contributed by atoms with Crippen molar-refractivity contribution < 1.29 is 0 Å². The molecule has 0 amide bonds. The predicted molar refractivity (Wildman–Crippen MR) is 100 cm³/mol. The second kappa shape index (κ2) is 8.15. The maximum absolute atomic E-state index is 4.42. The normalized spacial score (nSPS) is 10.9. The molecular weight excluding hydrogens is 314 g/mol. The minimum atomic E-state index is 0.910. The Balaban J connectivity index is 1.65. The molecule has 0 atom stereocenters. The molecule has 4 heteroatoms. The molecule has 0 spiro atoms. The standard InChI is InChI=1S/C20H23N3S/c1-3-23-19(13-12-17-9-5-4-6-10-17)21-22-20(23)24-15-18-11-7-8-16(2)14-18/h4-11,14H,3,12-13,15H2,1-2H3. The Hall–Kier alpha value is -2.07. The highest BCUT2D eigenvalue weighted by Gasteiger charge is 2.11. The van der Waals surface area contributed by atoms with E-state index in [0.717, 1.165) is 36.1 Å². The lowest BCUT2D eigenvalue weighted by Crippen LogP contribution is -2.05. The first-order valence-corrected chi connectivity index (χ1v) is 9.39. The molecule has 2 aromatic carbocycles. The Morgan fingerprint density at radius 1 is 0.917 bits per heavy atom. The first-order valence-electron chi connectivity index (χ1n) is 8.40. The minimum Gasteiger partial charge on any atom is -0.306 e. The van der Waals surface area contributed by atoms with Gasteiger partial charge in [0, 0.05) is 18.7 Å². The van der Waals surface area contributed by atoms with Gasteiger partial charge in [0.05, 0.1) is 0 Å². The number of rotatable bonds is 7. The lowest BCUT2D eigenvalue weighted by atomic mass is 10.1. The van der Waals surface area contributed by atoms with Crippen molar-refractivity contribution in [2.24, 2.45) is 0 Å². The summed E-state index contributed by atoms with van der Waals surface area (Å²) < 4.78 is 2.24. The van der Waals surface area contributed by atoms with Gasteiger partial charge in [-0.25, -0.2) is 0 Å². The fraction of sp³-hybridized carbons (Fsp3) is 0.300. The van der Waals surface area contributed by atoms with Gasteiger partial charge in [-0.2, -0.15) is 0 Å². The topological polar surface area (TPSA) is 30.7 Å². The summed E-state index contributed by atoms with van der Waals surface area (Å²) in [5.74, 6) is 2.01. The van der Waals surface area contributed by atoms with Gasteiger partial charge in [0.15, 0.2) is 5.16 Å². The summed E-state index contributed by atoms with van der Waals surface area (Å²) in [7, 11) is 0. The molecule has 0 saturated heterocycles. The van der Waals surface area contributed by atoms with Crippen molar-refractivity contribution in [3.8, 4) is 0 Å². The molecular formula is C20H23N3S. The molecule has 0 bridgehead atoms. The lowest BCUT2D eigenvalue weighted by molar-refractivity contribution is 0.638. The van der Waals surface area contributed by atoms with E-state index >= 15 is 0 Å². The van der Waals surface area contributed by atoms with Crippen LogP contribution in [-0.4, -0.2) is 14.8 Å². The highest BCUT2D eigenvalue weighted by molar-refractivity contribution is 7.98. The van der Waals surface area contributed by atoms with Crippen LogP contribution in [0.4, 0.5) is 0 Å². The molecule has 1 aromatic heterocycles. The molecule has 1 heterocycles. The number of nitrogens with zero attached hydrogens (tertiary/aromatic N) is 3. The van der Waals surface area contributed by atoms with Crippen LogP contribution in [0.5, 0.6) is 0 Å². The molecule has 124 valence electrons. The molecule has 3 rings (SSSR count). The van der Waals surface area contributed by atoms with E-state index in [9.17, 15) is 0 Å². The second-order valence-corrected chi connectivity index (χ2v) is 6.85. The molecule has 24 heavy (non-hydrogen) atoms. The Bertz CT molecular complexity index is 781. The third-order valence-electron chi connectivity index (χ3n) is 4.04. The molecule has 0 fully saturated rings. The van der Waals surface area contributed by atoms with Crippen molar-refractivity contribution >= 4 is 11.8 Å². The zero-order valence-electron chi connectivity index (χ0n) is 14.3. The number of aromatic nitrogens is 3. The van der Waals surface area contributed by atoms with Crippen LogP contribution in [-0.2, 0) is 25.1 Å². The number of hydrogen-bond donors (Lipinski definition) is 0. The van der Waals surface area contributed by atoms with Crippen molar-refractivity contribution in [3.05, 3.63) is 77.1 Å². The summed E-state index contributed by atoms with van der Waals surface area (Å²) in [6.45, 7) is 5.20. The average Bonchev–Trinajstić information content (AvgIpc) is 3.01. The molecule has 3 aromatic rings. The third-order valence-corrected chi connectivity index (χ3v) is 5.08. The Morgan fingerprint density at radius 3 is 2.46 bits per heavy atom. The van der Waals surface area contributed by atoms with E-state index in [1.165, 1.54) is 16.7 Å². The second-order valence-electron chi connectivity index (χ2n) is 5.91. The number of aryl methyl sites for hydroxylation is 3. The first-order chi connectivity index (χ1) is 11.8. The molecule has 3 nitrogen and oxygen atoms in total. The molecule has 0 aliphatic heterocycles. The van der Waals surface area contributed by atoms with E-state index in [-0.39, 0.29) is 0 Å². The number of hydrogen-bond acceptors (Lipinski definition) is 3. The highest BCUT2D eigenvalue weighted by Crippen LogP contribution is 2.23. The highest BCUT2D eigenvalue weighted by atomic mass is 32.2. The van der Waals surface area contributed by atoms with Crippen molar-refractivity contribution in [2.45, 2.75) is 44.1 Å². The largest absolute Gasteiger partial charge is 0.306 e. The van der Waals surface area contributed by atoms with E-state index in [4.69, 9.17) is 0 Å². The number of benzene rings is 2. The molecule has 0 saturated carbocycles. The van der Waals surface area contributed by atoms with E-state index in [2.05, 4.69) is 83.2 Å². The maximum atomic E-state index is 4.42. The van der Waals surface area contributed by atoms with Crippen molar-refractivity contribution in [2.75, 3.05) is 0 Å². The van der Waals surface area contributed by atoms with E-state index in [1.54, 1.807) is 11.8 Å². The Kier molecular flexibility index (Phi) is 5.70. The smallest absolute Gasteiger partial charge is 0.191 e. The van der Waals surface area contributed by atoms with Crippen LogP contribution in [0.25, 0.3) is 0 Å². The molecule has 0 aliphatic carbocycles. The van der Waals surface area contributed by atoms with E-state index in [1.807, 2.05) is 0 Å². The fourth-order valence-corrected chi connectivity index (χ4v) is 3.74. The lowest BCUT2D eigenvalue weighted by Gasteiger charge is -2.08. The molecule has 0 unspecified atom stereocenters. The van der Waals surface area contributed by atoms with Crippen molar-refractivity contribution in [3.63, 3.8) is 0 Å². The van der Waals surface area contributed by atoms with Gasteiger partial charge in [0.25, 0.3) is 0 Å². The van der Waals surface area contributed by atoms with Crippen LogP contribution in [0, 0.1) is 6.92 Å². The van der Waals surface area contributed by atoms with Crippen LogP contribution in [0.15, 0.2) is 59.8 Å². The summed E-state index contributed by atoms with van der Waals surface area (Å²) in [5.41, 5.74) is 3.97. The maximum Gasteiger partial charge on any atom is 0.191 e. The minimum absolute atomic E-state index is 0.910. The summed E-state index contributed by atoms with van der Waals surface area (Å²) >= 11 is 1.77. The summed E-state index contributed by atoms with van der Waals surface area (Å²) in [4.78, 5) is 0. The molecule has 0 aliphatic rings. The van der Waals surface area contributed by atoms with Crippen molar-refractivity contribution in [1.29, 1.82) is 0 Å². The van der Waals surface area contributed by atoms with Crippen LogP contribution >= 0.6 is 11.8 Å². The summed E-state index contributed by atoms with van der Waals surface area (Å²) in [6, 6.07) is 19.2. The predicted octanol–water partition coefficient (Wildman–Crippen LogP) is 4.68. The fourth-order valence-electron chi connectivity index (χ4n) is 2.78. The Morgan fingerprint density at radius 2 is 1.71 bits per heavy atom. The van der Waals surface area contributed by atoms with E-state index in [0.29, 0.717) is 0 Å². The first kappa shape index (κ1) is 16.8. The van der Waals surface area contributed by atoms with Crippen molar-refractivity contribution in [1.82, 2.24) is 14.8 Å². The quantitative estimate of drug-likeness (QED) is 0.586. The zero-order valence-corrected chi connectivity index (χ0v) is 15.1. The van der Waals surface area contributed by atoms with Gasteiger partial charge in [-0.1, -0.05) is 71.9 Å². The number of thioether (sulfide) groups is 1. The third kappa shape index (κ3) is 4.26. The van der Waals surface area contributed by atoms with Gasteiger partial charge in [-0.15, -0.1) is 10.2 Å². The average molecular weight is 337 g/mol. The van der Waals surface area contributed by atoms with Gasteiger partial charge in [0.2, 0.25) is 0 Å². The zero-order chi connectivity index (χ0) is 16.8. The van der Waals surface area contributed by atoms with Gasteiger partial charge in [-0.05, 0) is 31.4 Å². The molecule has 0 N–H and O–H groups in total.